The van der Waals surface area contributed by atoms with Gasteiger partial charge in [0.15, 0.2) is 0 Å². The second kappa shape index (κ2) is 8.31. The van der Waals surface area contributed by atoms with Gasteiger partial charge in [-0.05, 0) is 5.92 Å². The Morgan fingerprint density at radius 3 is 2.53 bits per heavy atom. The summed E-state index contributed by atoms with van der Waals surface area (Å²) < 4.78 is 0. The molecule has 0 heterocycles. The minimum Gasteiger partial charge on any atom is -0.391 e. The van der Waals surface area contributed by atoms with E-state index in [0.717, 1.165) is 12.8 Å². The zero-order valence-electron chi connectivity index (χ0n) is 9.62. The SMILES string of the molecule is C#CCCC(=O)NCC(O)C(CC)CC. The highest BCUT2D eigenvalue weighted by molar-refractivity contribution is 5.76. The Balaban J connectivity index is 3.74. The van der Waals surface area contributed by atoms with Crippen molar-refractivity contribution >= 4 is 5.91 Å². The van der Waals surface area contributed by atoms with Crippen LogP contribution in [-0.4, -0.2) is 23.7 Å². The monoisotopic (exact) mass is 211 g/mol. The van der Waals surface area contributed by atoms with Crippen molar-refractivity contribution in [2.45, 2.75) is 45.6 Å². The van der Waals surface area contributed by atoms with Crippen molar-refractivity contribution in [2.24, 2.45) is 5.92 Å². The Morgan fingerprint density at radius 2 is 2.07 bits per heavy atom. The number of hydrogen-bond acceptors (Lipinski definition) is 2. The zero-order chi connectivity index (χ0) is 11.7. The molecule has 2 N–H and O–H groups in total. The summed E-state index contributed by atoms with van der Waals surface area (Å²) in [5, 5.41) is 12.4. The van der Waals surface area contributed by atoms with Crippen LogP contribution >= 0.6 is 0 Å². The summed E-state index contributed by atoms with van der Waals surface area (Å²) in [6, 6.07) is 0. The first-order valence-electron chi connectivity index (χ1n) is 5.53. The van der Waals surface area contributed by atoms with Crippen LogP contribution in [-0.2, 0) is 4.79 Å². The molecule has 0 fully saturated rings. The predicted octanol–water partition coefficient (Wildman–Crippen LogP) is 1.31. The minimum atomic E-state index is -0.449. The van der Waals surface area contributed by atoms with Gasteiger partial charge < -0.3 is 10.4 Å². The van der Waals surface area contributed by atoms with E-state index < -0.39 is 6.10 Å². The Hall–Kier alpha value is -1.01. The molecule has 1 unspecified atom stereocenters. The highest BCUT2D eigenvalue weighted by Gasteiger charge is 2.15. The second-order valence-electron chi connectivity index (χ2n) is 3.65. The highest BCUT2D eigenvalue weighted by atomic mass is 16.3. The van der Waals surface area contributed by atoms with Gasteiger partial charge in [-0.25, -0.2) is 0 Å². The summed E-state index contributed by atoms with van der Waals surface area (Å²) in [5.41, 5.74) is 0. The topological polar surface area (TPSA) is 49.3 Å². The third-order valence-corrected chi connectivity index (χ3v) is 2.60. The number of carbonyl (C=O) groups is 1. The Labute approximate surface area is 92.3 Å². The Bertz CT molecular complexity index is 216. The van der Waals surface area contributed by atoms with E-state index >= 15 is 0 Å². The number of nitrogens with one attached hydrogen (secondary N) is 1. The van der Waals surface area contributed by atoms with Crippen molar-refractivity contribution in [2.75, 3.05) is 6.54 Å². The number of carbonyl (C=O) groups excluding carboxylic acids is 1. The fourth-order valence-corrected chi connectivity index (χ4v) is 1.49. The standard InChI is InChI=1S/C12H21NO2/c1-4-7-8-12(15)13-9-11(14)10(5-2)6-3/h1,10-11,14H,5-9H2,2-3H3,(H,13,15). The van der Waals surface area contributed by atoms with E-state index in [0.29, 0.717) is 19.4 Å². The van der Waals surface area contributed by atoms with Gasteiger partial charge in [-0.1, -0.05) is 26.7 Å². The molecule has 0 spiro atoms. The van der Waals surface area contributed by atoms with E-state index in [4.69, 9.17) is 6.42 Å². The van der Waals surface area contributed by atoms with Crippen LogP contribution in [0.25, 0.3) is 0 Å². The van der Waals surface area contributed by atoms with E-state index in [1.54, 1.807) is 0 Å². The molecule has 0 aromatic rings. The molecule has 0 aromatic carbocycles. The van der Waals surface area contributed by atoms with Crippen LogP contribution in [0.2, 0.25) is 0 Å². The number of terminal acetylenes is 1. The lowest BCUT2D eigenvalue weighted by Gasteiger charge is -2.20. The van der Waals surface area contributed by atoms with Gasteiger partial charge in [0.2, 0.25) is 5.91 Å². The van der Waals surface area contributed by atoms with Gasteiger partial charge in [0.25, 0.3) is 0 Å². The van der Waals surface area contributed by atoms with Crippen molar-refractivity contribution in [3.05, 3.63) is 0 Å². The number of aliphatic hydroxyl groups excluding tert-OH is 1. The zero-order valence-corrected chi connectivity index (χ0v) is 9.62. The van der Waals surface area contributed by atoms with Crippen LogP contribution < -0.4 is 5.32 Å². The molecule has 3 heteroatoms. The van der Waals surface area contributed by atoms with E-state index in [1.165, 1.54) is 0 Å². The van der Waals surface area contributed by atoms with E-state index in [9.17, 15) is 9.90 Å². The highest BCUT2D eigenvalue weighted by Crippen LogP contribution is 2.12. The van der Waals surface area contributed by atoms with Crippen molar-refractivity contribution in [1.82, 2.24) is 5.32 Å². The van der Waals surface area contributed by atoms with Gasteiger partial charge in [0, 0.05) is 19.4 Å². The molecule has 86 valence electrons. The fourth-order valence-electron chi connectivity index (χ4n) is 1.49. The third kappa shape index (κ3) is 6.14. The molecule has 0 rings (SSSR count). The van der Waals surface area contributed by atoms with Crippen LogP contribution in [0.5, 0.6) is 0 Å². The van der Waals surface area contributed by atoms with Gasteiger partial charge in [0.05, 0.1) is 6.10 Å². The molecule has 0 radical (unpaired) electrons. The quantitative estimate of drug-likeness (QED) is 0.624. The van der Waals surface area contributed by atoms with Crippen molar-refractivity contribution in [1.29, 1.82) is 0 Å². The lowest BCUT2D eigenvalue weighted by Crippen LogP contribution is -2.35. The van der Waals surface area contributed by atoms with Crippen LogP contribution in [0.15, 0.2) is 0 Å². The van der Waals surface area contributed by atoms with Gasteiger partial charge >= 0.3 is 0 Å². The first kappa shape index (κ1) is 14.0. The molecule has 1 atom stereocenters. The number of hydrogen-bond donors (Lipinski definition) is 2. The summed E-state index contributed by atoms with van der Waals surface area (Å²) >= 11 is 0. The molecule has 0 aliphatic heterocycles. The second-order valence-corrected chi connectivity index (χ2v) is 3.65. The number of rotatable bonds is 7. The molecule has 0 aliphatic rings. The van der Waals surface area contributed by atoms with Gasteiger partial charge in [-0.3, -0.25) is 4.79 Å². The van der Waals surface area contributed by atoms with Gasteiger partial charge in [-0.15, -0.1) is 12.3 Å². The first-order chi connectivity index (χ1) is 7.15. The molecule has 15 heavy (non-hydrogen) atoms. The molecule has 0 aliphatic carbocycles. The van der Waals surface area contributed by atoms with E-state index in [1.807, 2.05) is 13.8 Å². The lowest BCUT2D eigenvalue weighted by atomic mass is 9.96. The number of amides is 1. The van der Waals surface area contributed by atoms with Crippen LogP contribution in [0, 0.1) is 18.3 Å². The molecule has 0 aromatic heterocycles. The predicted molar refractivity (Wildman–Crippen MR) is 61.2 cm³/mol. The van der Waals surface area contributed by atoms with Crippen LogP contribution in [0.3, 0.4) is 0 Å². The van der Waals surface area contributed by atoms with Crippen LogP contribution in [0.1, 0.15) is 39.5 Å². The summed E-state index contributed by atoms with van der Waals surface area (Å²) in [5.74, 6) is 2.58. The summed E-state index contributed by atoms with van der Waals surface area (Å²) in [7, 11) is 0. The smallest absolute Gasteiger partial charge is 0.221 e. The first-order valence-corrected chi connectivity index (χ1v) is 5.53. The van der Waals surface area contributed by atoms with Gasteiger partial charge in [-0.2, -0.15) is 0 Å². The van der Waals surface area contributed by atoms with Crippen LogP contribution in [0.4, 0.5) is 0 Å². The molecular formula is C12H21NO2. The van der Waals surface area contributed by atoms with E-state index in [-0.39, 0.29) is 11.8 Å². The minimum absolute atomic E-state index is 0.0852. The van der Waals surface area contributed by atoms with Gasteiger partial charge in [0.1, 0.15) is 0 Å². The average molecular weight is 211 g/mol. The lowest BCUT2D eigenvalue weighted by molar-refractivity contribution is -0.121. The largest absolute Gasteiger partial charge is 0.391 e. The summed E-state index contributed by atoms with van der Waals surface area (Å²) in [6.07, 6.45) is 7.24. The molecule has 1 amide bonds. The Morgan fingerprint density at radius 1 is 1.47 bits per heavy atom. The summed E-state index contributed by atoms with van der Waals surface area (Å²) in [4.78, 5) is 11.2. The molecule has 0 saturated heterocycles. The Kier molecular flexibility index (Phi) is 7.75. The molecule has 0 bridgehead atoms. The summed E-state index contributed by atoms with van der Waals surface area (Å²) in [6.45, 7) is 4.41. The number of aliphatic hydroxyl groups is 1. The third-order valence-electron chi connectivity index (χ3n) is 2.60. The average Bonchev–Trinajstić information content (AvgIpc) is 2.25. The molecule has 3 nitrogen and oxygen atoms in total. The fraction of sp³-hybridized carbons (Fsp3) is 0.750. The normalized spacial score (nSPS) is 12.2. The maximum Gasteiger partial charge on any atom is 0.221 e. The molecule has 0 saturated carbocycles. The maximum atomic E-state index is 11.2. The van der Waals surface area contributed by atoms with Crippen molar-refractivity contribution < 1.29 is 9.90 Å². The molecular weight excluding hydrogens is 190 g/mol. The van der Waals surface area contributed by atoms with Crippen molar-refractivity contribution in [3.8, 4) is 12.3 Å². The van der Waals surface area contributed by atoms with E-state index in [2.05, 4.69) is 11.2 Å². The maximum absolute atomic E-state index is 11.2. The van der Waals surface area contributed by atoms with Crippen molar-refractivity contribution in [3.63, 3.8) is 0 Å².